The van der Waals surface area contributed by atoms with Gasteiger partial charge in [-0.15, -0.1) is 11.3 Å². The molecule has 0 spiro atoms. The van der Waals surface area contributed by atoms with Crippen molar-refractivity contribution in [2.24, 2.45) is 0 Å². The van der Waals surface area contributed by atoms with E-state index >= 15 is 0 Å². The van der Waals surface area contributed by atoms with Crippen molar-refractivity contribution in [3.05, 3.63) is 34.8 Å². The van der Waals surface area contributed by atoms with E-state index in [1.165, 1.54) is 0 Å². The molecule has 1 aromatic carbocycles. The van der Waals surface area contributed by atoms with Crippen LogP contribution >= 0.6 is 11.3 Å². The number of hydrogen-bond acceptors (Lipinski definition) is 5. The molecule has 0 aliphatic carbocycles. The molecule has 2 aromatic rings. The Labute approximate surface area is 147 Å². The number of benzene rings is 1. The molecule has 0 radical (unpaired) electrons. The normalized spacial score (nSPS) is 12.0. The van der Waals surface area contributed by atoms with E-state index in [0.29, 0.717) is 6.42 Å². The summed E-state index contributed by atoms with van der Waals surface area (Å²) in [5.74, 6) is 0.908. The number of rotatable bonds is 8. The second-order valence-corrected chi connectivity index (χ2v) is 6.72. The molecule has 1 aromatic heterocycles. The van der Waals surface area contributed by atoms with E-state index in [9.17, 15) is 4.79 Å². The monoisotopic (exact) mass is 347 g/mol. The Bertz CT molecular complexity index is 667. The number of aryl methyl sites for hydroxylation is 1. The zero-order chi connectivity index (χ0) is 17.5. The van der Waals surface area contributed by atoms with Gasteiger partial charge < -0.3 is 15.4 Å². The van der Waals surface area contributed by atoms with Gasteiger partial charge >= 0.3 is 0 Å². The van der Waals surface area contributed by atoms with Gasteiger partial charge in [-0.05, 0) is 58.1 Å². The van der Waals surface area contributed by atoms with Crippen molar-refractivity contribution in [3.63, 3.8) is 0 Å². The molecular formula is C18H25N3O2S. The molecule has 5 nitrogen and oxygen atoms in total. The molecule has 6 heteroatoms. The van der Waals surface area contributed by atoms with Gasteiger partial charge in [0.1, 0.15) is 10.8 Å². The number of ether oxygens (including phenoxy) is 1. The van der Waals surface area contributed by atoms with Gasteiger partial charge in [-0.25, -0.2) is 4.98 Å². The lowest BCUT2D eigenvalue weighted by Crippen LogP contribution is -2.27. The molecule has 0 bridgehead atoms. The van der Waals surface area contributed by atoms with Crippen LogP contribution in [0.4, 0.5) is 0 Å². The summed E-state index contributed by atoms with van der Waals surface area (Å²) in [6, 6.07) is 7.83. The predicted molar refractivity (Wildman–Crippen MR) is 98.6 cm³/mol. The van der Waals surface area contributed by atoms with E-state index in [1.807, 2.05) is 45.2 Å². The first-order chi connectivity index (χ1) is 11.5. The van der Waals surface area contributed by atoms with Gasteiger partial charge in [0.25, 0.3) is 0 Å². The van der Waals surface area contributed by atoms with Crippen LogP contribution in [-0.4, -0.2) is 31.6 Å². The molecule has 1 unspecified atom stereocenters. The molecule has 0 fully saturated rings. The third-order valence-corrected chi connectivity index (χ3v) is 5.16. The summed E-state index contributed by atoms with van der Waals surface area (Å²) in [6.07, 6.45) is 1.38. The van der Waals surface area contributed by atoms with Gasteiger partial charge in [-0.3, -0.25) is 4.79 Å². The van der Waals surface area contributed by atoms with Gasteiger partial charge in [-0.1, -0.05) is 0 Å². The third-order valence-electron chi connectivity index (χ3n) is 3.77. The van der Waals surface area contributed by atoms with Crippen molar-refractivity contribution in [3.8, 4) is 16.3 Å². The third kappa shape index (κ3) is 4.79. The number of amides is 1. The van der Waals surface area contributed by atoms with Crippen molar-refractivity contribution < 1.29 is 9.53 Å². The van der Waals surface area contributed by atoms with Gasteiger partial charge in [0.05, 0.1) is 23.7 Å². The zero-order valence-electron chi connectivity index (χ0n) is 14.7. The largest absolute Gasteiger partial charge is 0.497 e. The Morgan fingerprint density at radius 1 is 1.33 bits per heavy atom. The molecule has 0 aliphatic rings. The quantitative estimate of drug-likeness (QED) is 0.719. The SMILES string of the molecule is CNCCCC(=O)NC(C)c1sc(-c2ccc(OC)cc2)nc1C. The van der Waals surface area contributed by atoms with E-state index in [2.05, 4.69) is 15.6 Å². The minimum absolute atomic E-state index is 0.0309. The second kappa shape index (κ2) is 8.80. The first-order valence-corrected chi connectivity index (χ1v) is 8.92. The Morgan fingerprint density at radius 2 is 2.04 bits per heavy atom. The number of carbonyl (C=O) groups is 1. The molecular weight excluding hydrogens is 322 g/mol. The number of aromatic nitrogens is 1. The van der Waals surface area contributed by atoms with Crippen molar-refractivity contribution in [1.82, 2.24) is 15.6 Å². The fraction of sp³-hybridized carbons (Fsp3) is 0.444. The number of thiazole rings is 1. The van der Waals surface area contributed by atoms with Gasteiger partial charge in [0, 0.05) is 12.0 Å². The average Bonchev–Trinajstić information content (AvgIpc) is 2.97. The molecule has 0 aliphatic heterocycles. The fourth-order valence-corrected chi connectivity index (χ4v) is 3.55. The van der Waals surface area contributed by atoms with Crippen LogP contribution in [0.1, 0.15) is 36.4 Å². The average molecular weight is 347 g/mol. The Morgan fingerprint density at radius 3 is 2.67 bits per heavy atom. The Balaban J connectivity index is 2.05. The highest BCUT2D eigenvalue weighted by molar-refractivity contribution is 7.15. The van der Waals surface area contributed by atoms with Crippen LogP contribution in [0.5, 0.6) is 5.75 Å². The molecule has 1 amide bonds. The van der Waals surface area contributed by atoms with Gasteiger partial charge in [0.15, 0.2) is 0 Å². The molecule has 0 saturated heterocycles. The van der Waals surface area contributed by atoms with E-state index in [-0.39, 0.29) is 11.9 Å². The lowest BCUT2D eigenvalue weighted by molar-refractivity contribution is -0.121. The number of nitrogens with zero attached hydrogens (tertiary/aromatic N) is 1. The van der Waals surface area contributed by atoms with Crippen LogP contribution in [0.25, 0.3) is 10.6 Å². The van der Waals surface area contributed by atoms with E-state index < -0.39 is 0 Å². The Hall–Kier alpha value is -1.92. The maximum absolute atomic E-state index is 12.0. The highest BCUT2D eigenvalue weighted by atomic mass is 32.1. The van der Waals surface area contributed by atoms with Crippen molar-refractivity contribution in [2.45, 2.75) is 32.7 Å². The minimum Gasteiger partial charge on any atom is -0.497 e. The summed E-state index contributed by atoms with van der Waals surface area (Å²) in [7, 11) is 3.55. The van der Waals surface area contributed by atoms with Crippen molar-refractivity contribution in [1.29, 1.82) is 0 Å². The molecule has 130 valence electrons. The topological polar surface area (TPSA) is 63.2 Å². The standard InChI is InChI=1S/C18H25N3O2S/c1-12(20-16(22)6-5-11-19-3)17-13(2)21-18(24-17)14-7-9-15(23-4)10-8-14/h7-10,12,19H,5-6,11H2,1-4H3,(H,20,22). The fourth-order valence-electron chi connectivity index (χ4n) is 2.47. The number of carbonyl (C=O) groups excluding carboxylic acids is 1. The van der Waals surface area contributed by atoms with Crippen LogP contribution in [0, 0.1) is 6.92 Å². The Kier molecular flexibility index (Phi) is 6.75. The molecule has 1 atom stereocenters. The van der Waals surface area contributed by atoms with Crippen molar-refractivity contribution in [2.75, 3.05) is 20.7 Å². The summed E-state index contributed by atoms with van der Waals surface area (Å²) >= 11 is 1.63. The summed E-state index contributed by atoms with van der Waals surface area (Å²) in [5.41, 5.74) is 2.02. The summed E-state index contributed by atoms with van der Waals surface area (Å²) in [6.45, 7) is 4.85. The first kappa shape index (κ1) is 18.4. The summed E-state index contributed by atoms with van der Waals surface area (Å²) in [4.78, 5) is 17.7. The summed E-state index contributed by atoms with van der Waals surface area (Å²) < 4.78 is 5.19. The maximum atomic E-state index is 12.0. The number of methoxy groups -OCH3 is 1. The molecule has 2 rings (SSSR count). The number of nitrogens with one attached hydrogen (secondary N) is 2. The van der Waals surface area contributed by atoms with E-state index in [4.69, 9.17) is 4.74 Å². The lowest BCUT2D eigenvalue weighted by atomic mass is 10.2. The molecule has 2 N–H and O–H groups in total. The zero-order valence-corrected chi connectivity index (χ0v) is 15.5. The second-order valence-electron chi connectivity index (χ2n) is 5.69. The van der Waals surface area contributed by atoms with Gasteiger partial charge in [0.2, 0.25) is 5.91 Å². The van der Waals surface area contributed by atoms with Crippen LogP contribution in [0.15, 0.2) is 24.3 Å². The summed E-state index contributed by atoms with van der Waals surface area (Å²) in [5, 5.41) is 7.07. The van der Waals surface area contributed by atoms with Crippen LogP contribution in [0.3, 0.4) is 0 Å². The highest BCUT2D eigenvalue weighted by Crippen LogP contribution is 2.32. The van der Waals surface area contributed by atoms with E-state index in [1.54, 1.807) is 18.4 Å². The maximum Gasteiger partial charge on any atom is 0.220 e. The highest BCUT2D eigenvalue weighted by Gasteiger charge is 2.17. The predicted octanol–water partition coefficient (Wildman–Crippen LogP) is 3.30. The smallest absolute Gasteiger partial charge is 0.220 e. The molecule has 0 saturated carbocycles. The van der Waals surface area contributed by atoms with Crippen LogP contribution in [-0.2, 0) is 4.79 Å². The first-order valence-electron chi connectivity index (χ1n) is 8.11. The molecule has 1 heterocycles. The molecule has 24 heavy (non-hydrogen) atoms. The van der Waals surface area contributed by atoms with Crippen LogP contribution < -0.4 is 15.4 Å². The van der Waals surface area contributed by atoms with Crippen molar-refractivity contribution >= 4 is 17.2 Å². The van der Waals surface area contributed by atoms with E-state index in [0.717, 1.165) is 39.9 Å². The van der Waals surface area contributed by atoms with Gasteiger partial charge in [-0.2, -0.15) is 0 Å². The lowest BCUT2D eigenvalue weighted by Gasteiger charge is -2.12. The number of hydrogen-bond donors (Lipinski definition) is 2. The van der Waals surface area contributed by atoms with Crippen LogP contribution in [0.2, 0.25) is 0 Å². The minimum atomic E-state index is -0.0309.